The molecule has 2 aromatic carbocycles. The number of amides is 1. The minimum atomic E-state index is -4.90. The van der Waals surface area contributed by atoms with Crippen molar-refractivity contribution in [1.29, 1.82) is 0 Å². The topological polar surface area (TPSA) is 59.8 Å². The lowest BCUT2D eigenvalue weighted by Gasteiger charge is -2.11. The number of hydrogen-bond donors (Lipinski definition) is 1. The number of nitrogens with one attached hydrogen (secondary N) is 1. The van der Waals surface area contributed by atoms with Crippen LogP contribution in [0.2, 0.25) is 0 Å². The van der Waals surface area contributed by atoms with Crippen molar-refractivity contribution in [1.82, 2.24) is 15.0 Å². The average Bonchev–Trinajstić information content (AvgIpc) is 3.03. The van der Waals surface area contributed by atoms with Gasteiger partial charge in [-0.2, -0.15) is 13.2 Å². The molecule has 1 amide bonds. The van der Waals surface area contributed by atoms with Gasteiger partial charge in [0.2, 0.25) is 0 Å². The minimum Gasteiger partial charge on any atom is -0.321 e. The molecule has 26 heavy (non-hydrogen) atoms. The highest BCUT2D eigenvalue weighted by Crippen LogP contribution is 2.33. The Bertz CT molecular complexity index is 936. The summed E-state index contributed by atoms with van der Waals surface area (Å²) in [6.45, 7) is 0. The fourth-order valence-electron chi connectivity index (χ4n) is 2.18. The second kappa shape index (κ2) is 6.87. The molecule has 0 spiro atoms. The molecule has 0 aliphatic rings. The molecule has 3 rings (SSSR count). The van der Waals surface area contributed by atoms with Crippen molar-refractivity contribution in [2.75, 3.05) is 5.32 Å². The first-order chi connectivity index (χ1) is 12.3. The summed E-state index contributed by atoms with van der Waals surface area (Å²) < 4.78 is 54.7. The predicted molar refractivity (Wildman–Crippen MR) is 88.4 cm³/mol. The van der Waals surface area contributed by atoms with E-state index in [1.165, 1.54) is 12.1 Å². The van der Waals surface area contributed by atoms with Crippen LogP contribution in [-0.4, -0.2) is 20.9 Å². The summed E-state index contributed by atoms with van der Waals surface area (Å²) in [4.78, 5) is 12.3. The normalized spacial score (nSPS) is 11.4. The number of anilines is 1. The fraction of sp³-hybridized carbons (Fsp3) is 0.0625. The molecule has 0 atom stereocenters. The highest BCUT2D eigenvalue weighted by Gasteiger charge is 2.42. The Kier molecular flexibility index (Phi) is 4.77. The summed E-state index contributed by atoms with van der Waals surface area (Å²) in [5.74, 6) is -1.68. The van der Waals surface area contributed by atoms with E-state index in [0.29, 0.717) is 10.4 Å². The molecule has 0 fully saturated rings. The van der Waals surface area contributed by atoms with E-state index in [1.807, 2.05) is 0 Å². The average molecular weight is 429 g/mol. The molecule has 5 nitrogen and oxygen atoms in total. The van der Waals surface area contributed by atoms with Crippen molar-refractivity contribution in [3.05, 3.63) is 70.2 Å². The quantitative estimate of drug-likeness (QED) is 0.627. The number of halogens is 5. The molecule has 0 bridgehead atoms. The summed E-state index contributed by atoms with van der Waals surface area (Å²) in [6.07, 6.45) is -4.90. The number of carbonyl (C=O) groups excluding carboxylic acids is 1. The van der Waals surface area contributed by atoms with E-state index in [4.69, 9.17) is 0 Å². The molecule has 1 aromatic heterocycles. The van der Waals surface area contributed by atoms with Gasteiger partial charge in [-0.3, -0.25) is 4.79 Å². The van der Waals surface area contributed by atoms with Gasteiger partial charge in [0.25, 0.3) is 5.91 Å². The van der Waals surface area contributed by atoms with Gasteiger partial charge in [0, 0.05) is 10.2 Å². The van der Waals surface area contributed by atoms with Gasteiger partial charge in [-0.05, 0) is 48.5 Å². The number of nitrogens with zero attached hydrogens (tertiary/aromatic N) is 3. The van der Waals surface area contributed by atoms with Gasteiger partial charge in [-0.1, -0.05) is 21.1 Å². The Hall–Kier alpha value is -2.75. The van der Waals surface area contributed by atoms with E-state index in [-0.39, 0.29) is 5.69 Å². The van der Waals surface area contributed by atoms with Crippen molar-refractivity contribution < 1.29 is 22.4 Å². The highest BCUT2D eigenvalue weighted by molar-refractivity contribution is 9.10. The molecule has 0 saturated heterocycles. The molecule has 10 heteroatoms. The standard InChI is InChI=1S/C16H9BrF4N4O/c17-9-1-5-11(6-2-9)22-15(26)13-14(16(19,20)21)25(24-23-13)12-7-3-10(18)4-8-12/h1-8H,(H,22,26). The summed E-state index contributed by atoms with van der Waals surface area (Å²) in [6, 6.07) is 10.5. The van der Waals surface area contributed by atoms with Gasteiger partial charge in [0.1, 0.15) is 5.82 Å². The molecule has 0 radical (unpaired) electrons. The third-order valence-corrected chi connectivity index (χ3v) is 3.86. The first-order valence-corrected chi connectivity index (χ1v) is 7.91. The van der Waals surface area contributed by atoms with Crippen LogP contribution in [0.5, 0.6) is 0 Å². The highest BCUT2D eigenvalue weighted by atomic mass is 79.9. The number of hydrogen-bond acceptors (Lipinski definition) is 3. The maximum atomic E-state index is 13.5. The Morgan fingerprint density at radius 2 is 1.65 bits per heavy atom. The Labute approximate surface area is 152 Å². The van der Waals surface area contributed by atoms with Gasteiger partial charge in [-0.25, -0.2) is 9.07 Å². The zero-order valence-electron chi connectivity index (χ0n) is 12.8. The molecule has 3 aromatic rings. The zero-order valence-corrected chi connectivity index (χ0v) is 14.3. The van der Waals surface area contributed by atoms with Crippen molar-refractivity contribution in [3.63, 3.8) is 0 Å². The van der Waals surface area contributed by atoms with Crippen LogP contribution in [0.15, 0.2) is 53.0 Å². The second-order valence-corrected chi connectivity index (χ2v) is 6.05. The lowest BCUT2D eigenvalue weighted by molar-refractivity contribution is -0.143. The van der Waals surface area contributed by atoms with Gasteiger partial charge in [-0.15, -0.1) is 5.10 Å². The second-order valence-electron chi connectivity index (χ2n) is 5.13. The molecule has 0 aliphatic heterocycles. The number of carbonyl (C=O) groups is 1. The number of alkyl halides is 3. The molecular formula is C16H9BrF4N4O. The SMILES string of the molecule is O=C(Nc1ccc(Br)cc1)c1nnn(-c2ccc(F)cc2)c1C(F)(F)F. The first-order valence-electron chi connectivity index (χ1n) is 7.11. The van der Waals surface area contributed by atoms with Crippen LogP contribution in [-0.2, 0) is 6.18 Å². The van der Waals surface area contributed by atoms with Gasteiger partial charge in [0.15, 0.2) is 11.4 Å². The lowest BCUT2D eigenvalue weighted by atomic mass is 10.2. The van der Waals surface area contributed by atoms with E-state index >= 15 is 0 Å². The van der Waals surface area contributed by atoms with Crippen molar-refractivity contribution >= 4 is 27.5 Å². The zero-order chi connectivity index (χ0) is 18.9. The summed E-state index contributed by atoms with van der Waals surface area (Å²) in [5, 5.41) is 9.12. The summed E-state index contributed by atoms with van der Waals surface area (Å²) in [7, 11) is 0. The molecule has 134 valence electrons. The fourth-order valence-corrected chi connectivity index (χ4v) is 2.44. The van der Waals surface area contributed by atoms with Crippen molar-refractivity contribution in [2.45, 2.75) is 6.18 Å². The molecule has 1 N–H and O–H groups in total. The largest absolute Gasteiger partial charge is 0.435 e. The smallest absolute Gasteiger partial charge is 0.321 e. The summed E-state index contributed by atoms with van der Waals surface area (Å²) in [5.41, 5.74) is -2.01. The summed E-state index contributed by atoms with van der Waals surface area (Å²) >= 11 is 3.21. The van der Waals surface area contributed by atoms with Gasteiger partial charge < -0.3 is 5.32 Å². The Morgan fingerprint density at radius 3 is 2.23 bits per heavy atom. The number of aromatic nitrogens is 3. The predicted octanol–water partition coefficient (Wildman–Crippen LogP) is 4.44. The monoisotopic (exact) mass is 428 g/mol. The van der Waals surface area contributed by atoms with Crippen LogP contribution in [0.3, 0.4) is 0 Å². The van der Waals surface area contributed by atoms with E-state index in [9.17, 15) is 22.4 Å². The molecular weight excluding hydrogens is 420 g/mol. The van der Waals surface area contributed by atoms with Crippen LogP contribution in [0.1, 0.15) is 16.2 Å². The Balaban J connectivity index is 2.00. The Morgan fingerprint density at radius 1 is 1.04 bits per heavy atom. The van der Waals surface area contributed by atoms with Crippen LogP contribution < -0.4 is 5.32 Å². The third kappa shape index (κ3) is 3.74. The molecule has 0 unspecified atom stereocenters. The van der Waals surface area contributed by atoms with E-state index in [2.05, 4.69) is 31.6 Å². The van der Waals surface area contributed by atoms with Crippen LogP contribution in [0.4, 0.5) is 23.2 Å². The van der Waals surface area contributed by atoms with Crippen LogP contribution >= 0.6 is 15.9 Å². The van der Waals surface area contributed by atoms with E-state index in [1.54, 1.807) is 12.1 Å². The van der Waals surface area contributed by atoms with Gasteiger partial charge in [0.05, 0.1) is 5.69 Å². The van der Waals surface area contributed by atoms with Crippen molar-refractivity contribution in [2.24, 2.45) is 0 Å². The van der Waals surface area contributed by atoms with E-state index in [0.717, 1.165) is 28.7 Å². The maximum Gasteiger partial charge on any atom is 0.435 e. The first kappa shape index (κ1) is 18.1. The minimum absolute atomic E-state index is 0.0751. The third-order valence-electron chi connectivity index (χ3n) is 3.33. The lowest BCUT2D eigenvalue weighted by Crippen LogP contribution is -2.21. The van der Waals surface area contributed by atoms with E-state index < -0.39 is 29.3 Å². The van der Waals surface area contributed by atoms with Gasteiger partial charge >= 0.3 is 6.18 Å². The molecule has 1 heterocycles. The van der Waals surface area contributed by atoms with Crippen molar-refractivity contribution in [3.8, 4) is 5.69 Å². The van der Waals surface area contributed by atoms with Crippen LogP contribution in [0.25, 0.3) is 5.69 Å². The van der Waals surface area contributed by atoms with Crippen LogP contribution in [0, 0.1) is 5.82 Å². The molecule has 0 saturated carbocycles. The number of benzene rings is 2. The maximum absolute atomic E-state index is 13.5. The molecule has 0 aliphatic carbocycles. The number of rotatable bonds is 3.